The summed E-state index contributed by atoms with van der Waals surface area (Å²) in [5.41, 5.74) is -0.495. The van der Waals surface area contributed by atoms with E-state index in [0.29, 0.717) is 17.8 Å². The number of fused-ring (bicyclic) bond motifs is 2. The van der Waals surface area contributed by atoms with Crippen molar-refractivity contribution in [2.45, 2.75) is 110 Å². The Morgan fingerprint density at radius 1 is 1.06 bits per heavy atom. The number of rotatable bonds is 2. The van der Waals surface area contributed by atoms with Gasteiger partial charge in [0, 0.05) is 12.0 Å². The normalized spacial score (nSPS) is 40.9. The van der Waals surface area contributed by atoms with Gasteiger partial charge in [0.2, 0.25) is 0 Å². The SMILES string of the molecule is C[C@@H]1OC(=O)[C@H]2C[C@H]3CCCC[C@@H]3[C@@H](/C=C\[C@H]3CCC[C@H](C)N3C(=O)OC(C)(C)C)[C@@H]12. The Morgan fingerprint density at radius 3 is 2.55 bits per heavy atom. The number of cyclic esters (lactones) is 1. The molecule has 0 bridgehead atoms. The highest BCUT2D eigenvalue weighted by Crippen LogP contribution is 2.53. The number of hydrogen-bond acceptors (Lipinski definition) is 4. The summed E-state index contributed by atoms with van der Waals surface area (Å²) in [4.78, 5) is 27.5. The van der Waals surface area contributed by atoms with Crippen LogP contribution in [0.15, 0.2) is 12.2 Å². The zero-order chi connectivity index (χ0) is 22.3. The molecule has 5 nitrogen and oxygen atoms in total. The third kappa shape index (κ3) is 4.66. The van der Waals surface area contributed by atoms with Crippen molar-refractivity contribution in [3.63, 3.8) is 0 Å². The number of nitrogens with zero attached hydrogens (tertiary/aromatic N) is 1. The van der Waals surface area contributed by atoms with Gasteiger partial charge in [-0.15, -0.1) is 0 Å². The third-order valence-electron chi connectivity index (χ3n) is 8.19. The average Bonchev–Trinajstić information content (AvgIpc) is 2.97. The van der Waals surface area contributed by atoms with Crippen LogP contribution in [-0.4, -0.2) is 40.8 Å². The van der Waals surface area contributed by atoms with Crippen LogP contribution in [0.5, 0.6) is 0 Å². The van der Waals surface area contributed by atoms with Crippen LogP contribution in [-0.2, 0) is 14.3 Å². The van der Waals surface area contributed by atoms with Gasteiger partial charge in [0.15, 0.2) is 0 Å². The van der Waals surface area contributed by atoms with Crippen LogP contribution >= 0.6 is 0 Å². The van der Waals surface area contributed by atoms with Crippen LogP contribution in [0.4, 0.5) is 4.79 Å². The van der Waals surface area contributed by atoms with Gasteiger partial charge in [-0.3, -0.25) is 9.69 Å². The molecule has 8 atom stereocenters. The molecule has 0 aromatic rings. The van der Waals surface area contributed by atoms with Gasteiger partial charge in [0.25, 0.3) is 0 Å². The fraction of sp³-hybridized carbons (Fsp3) is 0.846. The zero-order valence-electron chi connectivity index (χ0n) is 20.0. The maximum Gasteiger partial charge on any atom is 0.411 e. The molecule has 2 aliphatic carbocycles. The van der Waals surface area contributed by atoms with Crippen LogP contribution in [0.3, 0.4) is 0 Å². The Bertz CT molecular complexity index is 711. The first kappa shape index (κ1) is 22.7. The molecule has 174 valence electrons. The summed E-state index contributed by atoms with van der Waals surface area (Å²) in [6.07, 6.45) is 13.6. The lowest BCUT2D eigenvalue weighted by Crippen LogP contribution is -2.50. The van der Waals surface area contributed by atoms with Gasteiger partial charge in [-0.1, -0.05) is 31.4 Å². The highest BCUT2D eigenvalue weighted by Gasteiger charge is 2.53. The van der Waals surface area contributed by atoms with E-state index in [1.54, 1.807) is 0 Å². The van der Waals surface area contributed by atoms with Crippen molar-refractivity contribution in [3.8, 4) is 0 Å². The molecule has 2 aliphatic heterocycles. The maximum atomic E-state index is 13.0. The molecule has 4 fully saturated rings. The average molecular weight is 432 g/mol. The molecule has 4 aliphatic rings. The second-order valence-corrected chi connectivity index (χ2v) is 11.5. The van der Waals surface area contributed by atoms with Gasteiger partial charge in [-0.25, -0.2) is 4.79 Å². The van der Waals surface area contributed by atoms with Crippen LogP contribution in [0, 0.1) is 29.6 Å². The monoisotopic (exact) mass is 431 g/mol. The molecule has 0 radical (unpaired) electrons. The Balaban J connectivity index is 1.57. The van der Waals surface area contributed by atoms with E-state index in [1.807, 2.05) is 25.7 Å². The first-order chi connectivity index (χ1) is 14.7. The highest BCUT2D eigenvalue weighted by molar-refractivity contribution is 5.75. The number of ether oxygens (including phenoxy) is 2. The van der Waals surface area contributed by atoms with E-state index < -0.39 is 5.60 Å². The van der Waals surface area contributed by atoms with Gasteiger partial charge in [0.05, 0.1) is 12.0 Å². The quantitative estimate of drug-likeness (QED) is 0.414. The van der Waals surface area contributed by atoms with Crippen molar-refractivity contribution in [1.82, 2.24) is 4.90 Å². The highest BCUT2D eigenvalue weighted by atomic mass is 16.6. The molecule has 31 heavy (non-hydrogen) atoms. The minimum absolute atomic E-state index is 0.0118. The lowest BCUT2D eigenvalue weighted by Gasteiger charge is -2.46. The Hall–Kier alpha value is -1.52. The molecule has 2 saturated carbocycles. The number of piperidine rings is 1. The van der Waals surface area contributed by atoms with Crippen LogP contribution in [0.2, 0.25) is 0 Å². The van der Waals surface area contributed by atoms with Gasteiger partial charge in [0.1, 0.15) is 11.7 Å². The van der Waals surface area contributed by atoms with Gasteiger partial charge >= 0.3 is 12.1 Å². The summed E-state index contributed by atoms with van der Waals surface area (Å²) in [5.74, 6) is 1.98. The summed E-state index contributed by atoms with van der Waals surface area (Å²) in [7, 11) is 0. The Labute approximate surface area is 187 Å². The summed E-state index contributed by atoms with van der Waals surface area (Å²) < 4.78 is 11.5. The second kappa shape index (κ2) is 8.78. The number of likely N-dealkylation sites (tertiary alicyclic amines) is 1. The predicted octanol–water partition coefficient (Wildman–Crippen LogP) is 5.72. The fourth-order valence-corrected chi connectivity index (χ4v) is 6.89. The van der Waals surface area contributed by atoms with Crippen molar-refractivity contribution in [2.75, 3.05) is 0 Å². The lowest BCUT2D eigenvalue weighted by atomic mass is 9.57. The molecule has 0 unspecified atom stereocenters. The summed E-state index contributed by atoms with van der Waals surface area (Å²) in [6, 6.07) is 0.240. The van der Waals surface area contributed by atoms with Gasteiger partial charge in [-0.2, -0.15) is 0 Å². The second-order valence-electron chi connectivity index (χ2n) is 11.5. The number of esters is 1. The largest absolute Gasteiger partial charge is 0.462 e. The van der Waals surface area contributed by atoms with Crippen molar-refractivity contribution in [3.05, 3.63) is 12.2 Å². The molecule has 1 amide bonds. The molecule has 0 N–H and O–H groups in total. The van der Waals surface area contributed by atoms with E-state index in [4.69, 9.17) is 9.47 Å². The number of hydrogen-bond donors (Lipinski definition) is 0. The molecule has 2 saturated heterocycles. The van der Waals surface area contributed by atoms with E-state index in [9.17, 15) is 9.59 Å². The molecule has 2 heterocycles. The Kier molecular flexibility index (Phi) is 6.42. The van der Waals surface area contributed by atoms with Crippen molar-refractivity contribution in [2.24, 2.45) is 29.6 Å². The lowest BCUT2D eigenvalue weighted by molar-refractivity contribution is -0.144. The van der Waals surface area contributed by atoms with Crippen LogP contribution in [0.25, 0.3) is 0 Å². The topological polar surface area (TPSA) is 55.8 Å². The number of allylic oxidation sites excluding steroid dienone is 1. The number of carbonyl (C=O) groups is 2. The third-order valence-corrected chi connectivity index (χ3v) is 8.19. The fourth-order valence-electron chi connectivity index (χ4n) is 6.89. The van der Waals surface area contributed by atoms with E-state index in [1.165, 1.54) is 25.7 Å². The molecule has 5 heteroatoms. The summed E-state index contributed by atoms with van der Waals surface area (Å²) >= 11 is 0. The molecule has 4 rings (SSSR count). The maximum absolute atomic E-state index is 13.0. The first-order valence-electron chi connectivity index (χ1n) is 12.6. The molecular weight excluding hydrogens is 390 g/mol. The van der Waals surface area contributed by atoms with E-state index in [2.05, 4.69) is 26.0 Å². The van der Waals surface area contributed by atoms with Gasteiger partial charge < -0.3 is 9.47 Å². The summed E-state index contributed by atoms with van der Waals surface area (Å²) in [5, 5.41) is 0. The molecule has 0 aromatic heterocycles. The zero-order valence-corrected chi connectivity index (χ0v) is 20.0. The first-order valence-corrected chi connectivity index (χ1v) is 12.6. The standard InChI is InChI=1S/C26H41NO4/c1-16-9-8-11-19(27(16)25(29)31-26(3,4)5)13-14-21-20-12-7-6-10-18(20)15-22-23(21)17(2)30-24(22)28/h13-14,16-23H,6-12,15H2,1-5H3/b14-13-/t16-,17-,18+,19+,20-,21+,22-,23+/m0/s1. The molecule has 0 aromatic carbocycles. The van der Waals surface area contributed by atoms with Crippen LogP contribution in [0.1, 0.15) is 86.0 Å². The van der Waals surface area contributed by atoms with Crippen molar-refractivity contribution in [1.29, 1.82) is 0 Å². The smallest absolute Gasteiger partial charge is 0.411 e. The van der Waals surface area contributed by atoms with E-state index >= 15 is 0 Å². The van der Waals surface area contributed by atoms with Gasteiger partial charge in [-0.05, 0) is 84.5 Å². The van der Waals surface area contributed by atoms with E-state index in [-0.39, 0.29) is 42.1 Å². The Morgan fingerprint density at radius 2 is 1.81 bits per heavy atom. The molecular formula is C26H41NO4. The summed E-state index contributed by atoms with van der Waals surface area (Å²) in [6.45, 7) is 9.97. The minimum atomic E-state index is -0.495. The minimum Gasteiger partial charge on any atom is -0.462 e. The van der Waals surface area contributed by atoms with Crippen molar-refractivity contribution >= 4 is 12.1 Å². The number of carbonyl (C=O) groups excluding carboxylic acids is 2. The van der Waals surface area contributed by atoms with Crippen molar-refractivity contribution < 1.29 is 19.1 Å². The van der Waals surface area contributed by atoms with Crippen LogP contribution < -0.4 is 0 Å². The molecule has 0 spiro atoms. The van der Waals surface area contributed by atoms with E-state index in [0.717, 1.165) is 25.7 Å². The predicted molar refractivity (Wildman–Crippen MR) is 120 cm³/mol. The number of amides is 1.